The van der Waals surface area contributed by atoms with Crippen molar-refractivity contribution < 1.29 is 0 Å². The van der Waals surface area contributed by atoms with Gasteiger partial charge in [0.25, 0.3) is 0 Å². The summed E-state index contributed by atoms with van der Waals surface area (Å²) in [6, 6.07) is 22.0. The van der Waals surface area contributed by atoms with Crippen LogP contribution in [0.25, 0.3) is 16.3 Å². The molecule has 0 spiro atoms. The Hall–Kier alpha value is -2.34. The van der Waals surface area contributed by atoms with Crippen molar-refractivity contribution in [1.29, 1.82) is 0 Å². The maximum absolute atomic E-state index is 4.33. The third-order valence-electron chi connectivity index (χ3n) is 4.61. The summed E-state index contributed by atoms with van der Waals surface area (Å²) < 4.78 is 0. The maximum Gasteiger partial charge on any atom is -0.00256 e. The van der Waals surface area contributed by atoms with Crippen LogP contribution in [-0.2, 0) is 19.3 Å². The first-order valence-electron chi connectivity index (χ1n) is 8.49. The van der Waals surface area contributed by atoms with Crippen molar-refractivity contribution in [2.75, 3.05) is 0 Å². The van der Waals surface area contributed by atoms with E-state index in [1.54, 1.807) is 0 Å². The Morgan fingerprint density at radius 3 is 2.26 bits per heavy atom. The molecule has 0 heterocycles. The zero-order valence-corrected chi connectivity index (χ0v) is 14.1. The lowest BCUT2D eigenvalue weighted by Gasteiger charge is -2.11. The Labute approximate surface area is 139 Å². The van der Waals surface area contributed by atoms with E-state index < -0.39 is 0 Å². The molecule has 116 valence electrons. The summed E-state index contributed by atoms with van der Waals surface area (Å²) in [5.41, 5.74) is 6.71. The fraction of sp³-hybridized carbons (Fsp3) is 0.217. The Morgan fingerprint density at radius 2 is 1.52 bits per heavy atom. The summed E-state index contributed by atoms with van der Waals surface area (Å²) in [5, 5.41) is 2.56. The van der Waals surface area contributed by atoms with E-state index in [2.05, 4.69) is 81.1 Å². The van der Waals surface area contributed by atoms with Gasteiger partial charge in [0.05, 0.1) is 0 Å². The molecule has 0 radical (unpaired) electrons. The zero-order valence-electron chi connectivity index (χ0n) is 14.1. The molecule has 0 aliphatic rings. The van der Waals surface area contributed by atoms with Gasteiger partial charge in [-0.05, 0) is 63.9 Å². The highest BCUT2D eigenvalue weighted by Gasteiger charge is 2.05. The molecule has 0 heteroatoms. The predicted octanol–water partition coefficient (Wildman–Crippen LogP) is 6.22. The molecule has 0 saturated carbocycles. The molecule has 0 aliphatic carbocycles. The molecular formula is C23H24. The number of hydrogen-bond donors (Lipinski definition) is 0. The smallest absolute Gasteiger partial charge is 0.00256 e. The molecule has 0 N–H and O–H groups in total. The van der Waals surface area contributed by atoms with Crippen molar-refractivity contribution in [3.05, 3.63) is 89.5 Å². The normalized spacial score (nSPS) is 10.9. The van der Waals surface area contributed by atoms with E-state index in [4.69, 9.17) is 0 Å². The van der Waals surface area contributed by atoms with Crippen LogP contribution in [-0.4, -0.2) is 0 Å². The molecule has 3 aromatic rings. The van der Waals surface area contributed by atoms with Gasteiger partial charge in [-0.25, -0.2) is 0 Å². The molecule has 0 bridgehead atoms. The van der Waals surface area contributed by atoms with Crippen molar-refractivity contribution in [3.8, 4) is 0 Å². The van der Waals surface area contributed by atoms with Crippen molar-refractivity contribution in [2.24, 2.45) is 0 Å². The van der Waals surface area contributed by atoms with Crippen LogP contribution >= 0.6 is 0 Å². The first-order valence-corrected chi connectivity index (χ1v) is 8.49. The summed E-state index contributed by atoms with van der Waals surface area (Å²) in [6.45, 7) is 8.78. The van der Waals surface area contributed by atoms with Gasteiger partial charge in [0.2, 0.25) is 0 Å². The SMILES string of the molecule is C=C(Cc1ccc(CC)c(CC)c1)c1ccc2ccccc2c1. The number of benzene rings is 3. The van der Waals surface area contributed by atoms with Crippen molar-refractivity contribution in [1.82, 2.24) is 0 Å². The van der Waals surface area contributed by atoms with Gasteiger partial charge in [0, 0.05) is 0 Å². The van der Waals surface area contributed by atoms with Gasteiger partial charge in [0.15, 0.2) is 0 Å². The lowest BCUT2D eigenvalue weighted by Crippen LogP contribution is -1.95. The minimum Gasteiger partial charge on any atom is -0.0949 e. The summed E-state index contributed by atoms with van der Waals surface area (Å²) >= 11 is 0. The Morgan fingerprint density at radius 1 is 0.783 bits per heavy atom. The number of rotatable bonds is 5. The van der Waals surface area contributed by atoms with E-state index in [0.717, 1.165) is 19.3 Å². The minimum absolute atomic E-state index is 0.912. The predicted molar refractivity (Wildman–Crippen MR) is 102 cm³/mol. The van der Waals surface area contributed by atoms with Gasteiger partial charge < -0.3 is 0 Å². The summed E-state index contributed by atoms with van der Waals surface area (Å²) in [7, 11) is 0. The van der Waals surface area contributed by atoms with E-state index in [1.807, 2.05) is 0 Å². The lowest BCUT2D eigenvalue weighted by atomic mass is 9.94. The molecule has 23 heavy (non-hydrogen) atoms. The zero-order chi connectivity index (χ0) is 16.2. The van der Waals surface area contributed by atoms with E-state index in [9.17, 15) is 0 Å². The van der Waals surface area contributed by atoms with Crippen LogP contribution in [0.1, 0.15) is 36.1 Å². The molecule has 0 nitrogen and oxygen atoms in total. The van der Waals surface area contributed by atoms with Gasteiger partial charge in [-0.15, -0.1) is 0 Å². The fourth-order valence-corrected chi connectivity index (χ4v) is 3.22. The van der Waals surface area contributed by atoms with Gasteiger partial charge >= 0.3 is 0 Å². The van der Waals surface area contributed by atoms with Crippen LogP contribution in [0.3, 0.4) is 0 Å². The monoisotopic (exact) mass is 300 g/mol. The van der Waals surface area contributed by atoms with E-state index >= 15 is 0 Å². The van der Waals surface area contributed by atoms with Crippen molar-refractivity contribution in [2.45, 2.75) is 33.1 Å². The number of hydrogen-bond acceptors (Lipinski definition) is 0. The maximum atomic E-state index is 4.33. The standard InChI is InChI=1S/C23H24/c1-4-19-11-10-18(15-20(19)5-2)14-17(3)22-13-12-21-8-6-7-9-23(21)16-22/h6-13,15-16H,3-5,14H2,1-2H3. The highest BCUT2D eigenvalue weighted by atomic mass is 14.1. The first kappa shape index (κ1) is 15.6. The molecular weight excluding hydrogens is 276 g/mol. The van der Waals surface area contributed by atoms with Gasteiger partial charge in [-0.1, -0.05) is 75.0 Å². The quantitative estimate of drug-likeness (QED) is 0.524. The second-order valence-electron chi connectivity index (χ2n) is 6.15. The van der Waals surface area contributed by atoms with E-state index in [-0.39, 0.29) is 0 Å². The summed E-state index contributed by atoms with van der Waals surface area (Å²) in [4.78, 5) is 0. The van der Waals surface area contributed by atoms with Crippen LogP contribution in [0, 0.1) is 0 Å². The topological polar surface area (TPSA) is 0 Å². The highest BCUT2D eigenvalue weighted by molar-refractivity contribution is 5.86. The third kappa shape index (κ3) is 3.37. The average molecular weight is 300 g/mol. The van der Waals surface area contributed by atoms with Gasteiger partial charge in [-0.3, -0.25) is 0 Å². The van der Waals surface area contributed by atoms with Crippen LogP contribution in [0.2, 0.25) is 0 Å². The van der Waals surface area contributed by atoms with E-state index in [1.165, 1.54) is 38.6 Å². The first-order chi connectivity index (χ1) is 11.2. The number of allylic oxidation sites excluding steroid dienone is 1. The highest BCUT2D eigenvalue weighted by Crippen LogP contribution is 2.24. The summed E-state index contributed by atoms with van der Waals surface area (Å²) in [6.07, 6.45) is 3.11. The molecule has 3 aromatic carbocycles. The lowest BCUT2D eigenvalue weighted by molar-refractivity contribution is 1.03. The van der Waals surface area contributed by atoms with E-state index in [0.29, 0.717) is 0 Å². The molecule has 0 fully saturated rings. The Balaban J connectivity index is 1.85. The van der Waals surface area contributed by atoms with Crippen LogP contribution in [0.4, 0.5) is 0 Å². The van der Waals surface area contributed by atoms with Crippen LogP contribution in [0.15, 0.2) is 67.2 Å². The van der Waals surface area contributed by atoms with Crippen molar-refractivity contribution in [3.63, 3.8) is 0 Å². The number of aryl methyl sites for hydroxylation is 2. The molecule has 0 aliphatic heterocycles. The van der Waals surface area contributed by atoms with Crippen LogP contribution in [0.5, 0.6) is 0 Å². The van der Waals surface area contributed by atoms with Gasteiger partial charge in [-0.2, -0.15) is 0 Å². The van der Waals surface area contributed by atoms with Crippen LogP contribution < -0.4 is 0 Å². The third-order valence-corrected chi connectivity index (χ3v) is 4.61. The molecule has 0 atom stereocenters. The molecule has 0 amide bonds. The molecule has 0 aromatic heterocycles. The summed E-state index contributed by atoms with van der Waals surface area (Å²) in [5.74, 6) is 0. The molecule has 0 saturated heterocycles. The van der Waals surface area contributed by atoms with Gasteiger partial charge in [0.1, 0.15) is 0 Å². The van der Waals surface area contributed by atoms with Crippen molar-refractivity contribution >= 4 is 16.3 Å². The second-order valence-corrected chi connectivity index (χ2v) is 6.15. The number of fused-ring (bicyclic) bond motifs is 1. The fourth-order valence-electron chi connectivity index (χ4n) is 3.22. The Bertz CT molecular complexity index is 840. The second kappa shape index (κ2) is 6.83. The minimum atomic E-state index is 0.912. The molecule has 3 rings (SSSR count). The molecule has 0 unspecified atom stereocenters. The largest absolute Gasteiger partial charge is 0.0949 e. The average Bonchev–Trinajstić information content (AvgIpc) is 2.61. The Kier molecular flexibility index (Phi) is 4.62.